The van der Waals surface area contributed by atoms with Crippen LogP contribution in [-0.4, -0.2) is 30.2 Å². The molecule has 0 heterocycles. The third-order valence-electron chi connectivity index (χ3n) is 4.93. The topological polar surface area (TPSA) is 64.3 Å². The molecule has 0 spiro atoms. The van der Waals surface area contributed by atoms with Gasteiger partial charge in [0, 0.05) is 12.6 Å². The first kappa shape index (κ1) is 15.8. The molecule has 2 aliphatic carbocycles. The van der Waals surface area contributed by atoms with Crippen LogP contribution in [0.15, 0.2) is 0 Å². The molecule has 116 valence electrons. The van der Waals surface area contributed by atoms with Gasteiger partial charge >= 0.3 is 0 Å². The first-order valence-electron chi connectivity index (χ1n) is 8.23. The molecule has 1 amide bonds. The lowest BCUT2D eigenvalue weighted by molar-refractivity contribution is -0.145. The zero-order valence-corrected chi connectivity index (χ0v) is 13.0. The molecule has 0 bridgehead atoms. The van der Waals surface area contributed by atoms with Crippen LogP contribution in [0.4, 0.5) is 0 Å². The van der Waals surface area contributed by atoms with E-state index in [1.54, 1.807) is 0 Å². The van der Waals surface area contributed by atoms with E-state index in [9.17, 15) is 4.79 Å². The first-order valence-corrected chi connectivity index (χ1v) is 8.23. The Morgan fingerprint density at radius 1 is 1.35 bits per heavy atom. The standard InChI is InChI=1S/C16H30N2O2/c1-12-8-9-16(10-12,11-17)20-13(2)15(19)18-14-6-4-3-5-7-14/h12-14H,3-11,17H2,1-2H3,(H,18,19). The van der Waals surface area contributed by atoms with Gasteiger partial charge in [0.1, 0.15) is 6.10 Å². The molecule has 0 aromatic carbocycles. The molecule has 0 aliphatic heterocycles. The number of ether oxygens (including phenoxy) is 1. The number of nitrogens with two attached hydrogens (primary N) is 1. The monoisotopic (exact) mass is 282 g/mol. The normalized spacial score (nSPS) is 33.0. The van der Waals surface area contributed by atoms with Crippen LogP contribution < -0.4 is 11.1 Å². The molecule has 2 fully saturated rings. The number of carbonyl (C=O) groups excluding carboxylic acids is 1. The fourth-order valence-corrected chi connectivity index (χ4v) is 3.68. The zero-order valence-electron chi connectivity index (χ0n) is 13.0. The van der Waals surface area contributed by atoms with E-state index in [0.29, 0.717) is 18.5 Å². The predicted octanol–water partition coefficient (Wildman–Crippen LogP) is 2.36. The average molecular weight is 282 g/mol. The first-order chi connectivity index (χ1) is 9.54. The van der Waals surface area contributed by atoms with E-state index in [2.05, 4.69) is 12.2 Å². The fraction of sp³-hybridized carbons (Fsp3) is 0.938. The van der Waals surface area contributed by atoms with Gasteiger partial charge in [-0.25, -0.2) is 0 Å². The minimum Gasteiger partial charge on any atom is -0.361 e. The van der Waals surface area contributed by atoms with Gasteiger partial charge in [-0.2, -0.15) is 0 Å². The SMILES string of the molecule is CC1CCC(CN)(OC(C)C(=O)NC2CCCCC2)C1. The number of carbonyl (C=O) groups is 1. The van der Waals surface area contributed by atoms with Crippen LogP contribution in [0.3, 0.4) is 0 Å². The highest BCUT2D eigenvalue weighted by Crippen LogP contribution is 2.37. The Morgan fingerprint density at radius 3 is 2.60 bits per heavy atom. The molecule has 3 atom stereocenters. The Morgan fingerprint density at radius 2 is 2.05 bits per heavy atom. The van der Waals surface area contributed by atoms with Crippen molar-refractivity contribution in [3.63, 3.8) is 0 Å². The number of amides is 1. The van der Waals surface area contributed by atoms with Crippen molar-refractivity contribution >= 4 is 5.91 Å². The lowest BCUT2D eigenvalue weighted by Gasteiger charge is -2.32. The van der Waals surface area contributed by atoms with E-state index >= 15 is 0 Å². The van der Waals surface area contributed by atoms with E-state index in [4.69, 9.17) is 10.5 Å². The highest BCUT2D eigenvalue weighted by molar-refractivity contribution is 5.80. The summed E-state index contributed by atoms with van der Waals surface area (Å²) in [4.78, 5) is 12.3. The third kappa shape index (κ3) is 3.95. The lowest BCUT2D eigenvalue weighted by atomic mass is 9.95. The second kappa shape index (κ2) is 6.90. The number of nitrogens with one attached hydrogen (secondary N) is 1. The third-order valence-corrected chi connectivity index (χ3v) is 4.93. The smallest absolute Gasteiger partial charge is 0.249 e. The van der Waals surface area contributed by atoms with Crippen molar-refractivity contribution in [2.24, 2.45) is 11.7 Å². The molecule has 20 heavy (non-hydrogen) atoms. The van der Waals surface area contributed by atoms with Crippen molar-refractivity contribution in [3.8, 4) is 0 Å². The van der Waals surface area contributed by atoms with Gasteiger partial charge in [0.05, 0.1) is 5.60 Å². The molecule has 2 saturated carbocycles. The summed E-state index contributed by atoms with van der Waals surface area (Å²) in [6.45, 7) is 4.60. The van der Waals surface area contributed by atoms with Gasteiger partial charge in [0.25, 0.3) is 0 Å². The maximum absolute atomic E-state index is 12.3. The predicted molar refractivity (Wildman–Crippen MR) is 80.4 cm³/mol. The number of hydrogen-bond acceptors (Lipinski definition) is 3. The molecule has 4 nitrogen and oxygen atoms in total. The summed E-state index contributed by atoms with van der Waals surface area (Å²) in [5.41, 5.74) is 5.63. The van der Waals surface area contributed by atoms with E-state index in [0.717, 1.165) is 32.1 Å². The van der Waals surface area contributed by atoms with Crippen molar-refractivity contribution < 1.29 is 9.53 Å². The van der Waals surface area contributed by atoms with Gasteiger partial charge in [-0.05, 0) is 44.9 Å². The van der Waals surface area contributed by atoms with Crippen molar-refractivity contribution in [1.82, 2.24) is 5.32 Å². The summed E-state index contributed by atoms with van der Waals surface area (Å²) >= 11 is 0. The number of rotatable bonds is 5. The van der Waals surface area contributed by atoms with Crippen molar-refractivity contribution in [2.75, 3.05) is 6.54 Å². The summed E-state index contributed by atoms with van der Waals surface area (Å²) in [6, 6.07) is 0.346. The summed E-state index contributed by atoms with van der Waals surface area (Å²) < 4.78 is 6.08. The average Bonchev–Trinajstić information content (AvgIpc) is 2.81. The van der Waals surface area contributed by atoms with Gasteiger partial charge in [0.15, 0.2) is 0 Å². The molecule has 0 saturated heterocycles. The Balaban J connectivity index is 1.83. The van der Waals surface area contributed by atoms with E-state index < -0.39 is 6.10 Å². The largest absolute Gasteiger partial charge is 0.361 e. The number of hydrogen-bond donors (Lipinski definition) is 2. The Labute approximate surface area is 122 Å². The van der Waals surface area contributed by atoms with E-state index in [1.807, 2.05) is 6.92 Å². The van der Waals surface area contributed by atoms with Gasteiger partial charge in [-0.15, -0.1) is 0 Å². The lowest BCUT2D eigenvalue weighted by Crippen LogP contribution is -2.48. The highest BCUT2D eigenvalue weighted by Gasteiger charge is 2.39. The van der Waals surface area contributed by atoms with Crippen molar-refractivity contribution in [2.45, 2.75) is 83.0 Å². The molecule has 0 aromatic heterocycles. The van der Waals surface area contributed by atoms with Crippen LogP contribution in [0.2, 0.25) is 0 Å². The van der Waals surface area contributed by atoms with Crippen LogP contribution in [0.1, 0.15) is 65.2 Å². The maximum Gasteiger partial charge on any atom is 0.249 e. The van der Waals surface area contributed by atoms with Gasteiger partial charge in [0.2, 0.25) is 5.91 Å². The van der Waals surface area contributed by atoms with Crippen LogP contribution in [0.5, 0.6) is 0 Å². The molecule has 4 heteroatoms. The molecular formula is C16H30N2O2. The molecular weight excluding hydrogens is 252 g/mol. The Kier molecular flexibility index (Phi) is 5.44. The van der Waals surface area contributed by atoms with Crippen LogP contribution in [0.25, 0.3) is 0 Å². The Hall–Kier alpha value is -0.610. The second-order valence-corrected chi connectivity index (χ2v) is 6.84. The van der Waals surface area contributed by atoms with E-state index in [1.165, 1.54) is 19.3 Å². The fourth-order valence-electron chi connectivity index (χ4n) is 3.68. The van der Waals surface area contributed by atoms with Crippen LogP contribution >= 0.6 is 0 Å². The van der Waals surface area contributed by atoms with Gasteiger partial charge < -0.3 is 15.8 Å². The van der Waals surface area contributed by atoms with Gasteiger partial charge in [-0.1, -0.05) is 26.2 Å². The van der Waals surface area contributed by atoms with Crippen molar-refractivity contribution in [1.29, 1.82) is 0 Å². The zero-order chi connectivity index (χ0) is 14.6. The van der Waals surface area contributed by atoms with Crippen molar-refractivity contribution in [3.05, 3.63) is 0 Å². The maximum atomic E-state index is 12.3. The summed E-state index contributed by atoms with van der Waals surface area (Å²) in [6.07, 6.45) is 8.67. The molecule has 0 radical (unpaired) electrons. The molecule has 3 N–H and O–H groups in total. The summed E-state index contributed by atoms with van der Waals surface area (Å²) in [5, 5.41) is 3.14. The molecule has 2 aliphatic rings. The van der Waals surface area contributed by atoms with Crippen LogP contribution in [-0.2, 0) is 9.53 Å². The van der Waals surface area contributed by atoms with Crippen LogP contribution in [0, 0.1) is 5.92 Å². The summed E-state index contributed by atoms with van der Waals surface area (Å²) in [7, 11) is 0. The molecule has 0 aromatic rings. The Bertz CT molecular complexity index is 328. The minimum absolute atomic E-state index is 0.0317. The minimum atomic E-state index is -0.397. The second-order valence-electron chi connectivity index (χ2n) is 6.84. The molecule has 3 unspecified atom stereocenters. The highest BCUT2D eigenvalue weighted by atomic mass is 16.5. The van der Waals surface area contributed by atoms with Gasteiger partial charge in [-0.3, -0.25) is 4.79 Å². The molecule has 2 rings (SSSR count). The van der Waals surface area contributed by atoms with E-state index in [-0.39, 0.29) is 11.5 Å². The quantitative estimate of drug-likeness (QED) is 0.813. The summed E-state index contributed by atoms with van der Waals surface area (Å²) in [5.74, 6) is 0.677.